The van der Waals surface area contributed by atoms with Crippen molar-refractivity contribution >= 4 is 16.9 Å². The summed E-state index contributed by atoms with van der Waals surface area (Å²) in [4.78, 5) is 16.4. The Hall–Kier alpha value is -2.70. The quantitative estimate of drug-likeness (QED) is 0.772. The van der Waals surface area contributed by atoms with E-state index < -0.39 is 0 Å². The number of aromatic nitrogens is 5. The first kappa shape index (κ1) is 14.2. The molecule has 2 heterocycles. The molecule has 1 amide bonds. The molecule has 3 rings (SSSR count). The lowest BCUT2D eigenvalue weighted by molar-refractivity contribution is 0.0932. The lowest BCUT2D eigenvalue weighted by Crippen LogP contribution is -2.37. The maximum Gasteiger partial charge on any atom is 0.251 e. The monoisotopic (exact) mass is 298 g/mol. The van der Waals surface area contributed by atoms with Crippen LogP contribution in [0.15, 0.2) is 36.9 Å². The third-order valence-corrected chi connectivity index (χ3v) is 3.69. The zero-order valence-electron chi connectivity index (χ0n) is 12.6. The molecule has 22 heavy (non-hydrogen) atoms. The second-order valence-electron chi connectivity index (χ2n) is 5.25. The second kappa shape index (κ2) is 5.97. The van der Waals surface area contributed by atoms with Crippen molar-refractivity contribution < 1.29 is 4.79 Å². The predicted octanol–water partition coefficient (Wildman–Crippen LogP) is 1.37. The number of fused-ring (bicyclic) bond motifs is 1. The minimum absolute atomic E-state index is 0.0549. The lowest BCUT2D eigenvalue weighted by atomic mass is 10.1. The highest BCUT2D eigenvalue weighted by molar-refractivity contribution is 5.97. The summed E-state index contributed by atoms with van der Waals surface area (Å²) in [6, 6.07) is 5.48. The molecule has 114 valence electrons. The Morgan fingerprint density at radius 3 is 3.00 bits per heavy atom. The number of hydrogen-bond acceptors (Lipinski definition) is 4. The van der Waals surface area contributed by atoms with Crippen LogP contribution < -0.4 is 5.32 Å². The van der Waals surface area contributed by atoms with E-state index in [0.717, 1.165) is 17.5 Å². The number of nitrogens with zero attached hydrogens (tertiary/aromatic N) is 5. The highest BCUT2D eigenvalue weighted by atomic mass is 16.1. The summed E-state index contributed by atoms with van der Waals surface area (Å²) in [6.07, 6.45) is 6.22. The van der Waals surface area contributed by atoms with Gasteiger partial charge in [0.2, 0.25) is 0 Å². The van der Waals surface area contributed by atoms with Crippen LogP contribution in [0.25, 0.3) is 11.0 Å². The molecule has 1 atom stereocenters. The van der Waals surface area contributed by atoms with Crippen LogP contribution in [0.2, 0.25) is 0 Å². The first-order chi connectivity index (χ1) is 10.7. The molecule has 1 aromatic carbocycles. The standard InChI is InChI=1S/C15H18N6O/c1-3-12(9-21-7-6-16-10-21)17-15(22)11-4-5-14-13(8-11)18-19-20(14)2/h4-8,10,12H,3,9H2,1-2H3,(H,17,22)/t12-/m1/s1. The minimum Gasteiger partial charge on any atom is -0.348 e. The number of imidazole rings is 1. The van der Waals surface area contributed by atoms with E-state index in [9.17, 15) is 4.79 Å². The van der Waals surface area contributed by atoms with E-state index in [1.807, 2.05) is 30.8 Å². The van der Waals surface area contributed by atoms with E-state index >= 15 is 0 Å². The molecule has 7 nitrogen and oxygen atoms in total. The van der Waals surface area contributed by atoms with Gasteiger partial charge in [0.25, 0.3) is 5.91 Å². The number of aryl methyl sites for hydroxylation is 1. The molecule has 0 bridgehead atoms. The highest BCUT2D eigenvalue weighted by Gasteiger charge is 2.14. The molecular weight excluding hydrogens is 280 g/mol. The zero-order valence-corrected chi connectivity index (χ0v) is 12.6. The van der Waals surface area contributed by atoms with Crippen molar-refractivity contribution in [1.29, 1.82) is 0 Å². The molecule has 0 unspecified atom stereocenters. The van der Waals surface area contributed by atoms with Gasteiger partial charge in [-0.1, -0.05) is 12.1 Å². The average Bonchev–Trinajstić information content (AvgIpc) is 3.16. The van der Waals surface area contributed by atoms with Crippen molar-refractivity contribution in [2.75, 3.05) is 0 Å². The van der Waals surface area contributed by atoms with Crippen LogP contribution in [-0.4, -0.2) is 36.5 Å². The summed E-state index contributed by atoms with van der Waals surface area (Å²) in [5.41, 5.74) is 2.22. The molecular formula is C15H18N6O. The Morgan fingerprint density at radius 2 is 2.27 bits per heavy atom. The van der Waals surface area contributed by atoms with Crippen molar-refractivity contribution in [2.45, 2.75) is 25.9 Å². The van der Waals surface area contributed by atoms with Crippen molar-refractivity contribution in [3.05, 3.63) is 42.5 Å². The number of carbonyl (C=O) groups is 1. The number of hydrogen-bond donors (Lipinski definition) is 1. The Kier molecular flexibility index (Phi) is 3.86. The number of carbonyl (C=O) groups excluding carboxylic acids is 1. The van der Waals surface area contributed by atoms with Gasteiger partial charge in [-0.25, -0.2) is 9.67 Å². The van der Waals surface area contributed by atoms with E-state index in [0.29, 0.717) is 12.1 Å². The smallest absolute Gasteiger partial charge is 0.251 e. The van der Waals surface area contributed by atoms with Crippen LogP contribution in [0.1, 0.15) is 23.7 Å². The largest absolute Gasteiger partial charge is 0.348 e. The number of benzene rings is 1. The molecule has 7 heteroatoms. The lowest BCUT2D eigenvalue weighted by Gasteiger charge is -2.17. The fraction of sp³-hybridized carbons (Fsp3) is 0.333. The molecule has 2 aromatic heterocycles. The minimum atomic E-state index is -0.0977. The molecule has 0 fully saturated rings. The summed E-state index contributed by atoms with van der Waals surface area (Å²) >= 11 is 0. The van der Waals surface area contributed by atoms with Gasteiger partial charge in [-0.05, 0) is 24.6 Å². The van der Waals surface area contributed by atoms with E-state index in [2.05, 4.69) is 20.6 Å². The summed E-state index contributed by atoms with van der Waals surface area (Å²) in [6.45, 7) is 2.75. The molecule has 0 spiro atoms. The highest BCUT2D eigenvalue weighted by Crippen LogP contribution is 2.13. The van der Waals surface area contributed by atoms with Gasteiger partial charge in [-0.3, -0.25) is 4.79 Å². The maximum absolute atomic E-state index is 12.4. The molecule has 3 aromatic rings. The van der Waals surface area contributed by atoms with Gasteiger partial charge in [0.15, 0.2) is 0 Å². The van der Waals surface area contributed by atoms with Crippen LogP contribution in [0, 0.1) is 0 Å². The molecule has 0 saturated heterocycles. The van der Waals surface area contributed by atoms with E-state index in [4.69, 9.17) is 0 Å². The zero-order chi connectivity index (χ0) is 15.5. The summed E-state index contributed by atoms with van der Waals surface area (Å²) in [7, 11) is 1.83. The van der Waals surface area contributed by atoms with Crippen LogP contribution >= 0.6 is 0 Å². The Labute approximate surface area is 128 Å². The first-order valence-electron chi connectivity index (χ1n) is 7.23. The third kappa shape index (κ3) is 2.83. The average molecular weight is 298 g/mol. The summed E-state index contributed by atoms with van der Waals surface area (Å²) in [5, 5.41) is 11.0. The maximum atomic E-state index is 12.4. The van der Waals surface area contributed by atoms with Crippen LogP contribution in [0.4, 0.5) is 0 Å². The van der Waals surface area contributed by atoms with E-state index in [1.54, 1.807) is 29.3 Å². The van der Waals surface area contributed by atoms with Crippen molar-refractivity contribution in [2.24, 2.45) is 7.05 Å². The van der Waals surface area contributed by atoms with Crippen molar-refractivity contribution in [1.82, 2.24) is 29.9 Å². The van der Waals surface area contributed by atoms with Gasteiger partial charge >= 0.3 is 0 Å². The Bertz CT molecular complexity index is 777. The fourth-order valence-electron chi connectivity index (χ4n) is 2.38. The normalized spacial score (nSPS) is 12.5. The number of rotatable bonds is 5. The SMILES string of the molecule is CC[C@H](Cn1ccnc1)NC(=O)c1ccc2c(c1)nnn2C. The topological polar surface area (TPSA) is 77.6 Å². The van der Waals surface area contributed by atoms with Gasteiger partial charge in [0.05, 0.1) is 11.8 Å². The molecule has 0 radical (unpaired) electrons. The second-order valence-corrected chi connectivity index (χ2v) is 5.25. The van der Waals surface area contributed by atoms with Crippen molar-refractivity contribution in [3.8, 4) is 0 Å². The van der Waals surface area contributed by atoms with Crippen LogP contribution in [-0.2, 0) is 13.6 Å². The Morgan fingerprint density at radius 1 is 1.41 bits per heavy atom. The van der Waals surface area contributed by atoms with Crippen molar-refractivity contribution in [3.63, 3.8) is 0 Å². The molecule has 0 aliphatic carbocycles. The number of amides is 1. The predicted molar refractivity (Wildman–Crippen MR) is 82.3 cm³/mol. The molecule has 1 N–H and O–H groups in total. The molecule has 0 saturated carbocycles. The van der Waals surface area contributed by atoms with Gasteiger partial charge < -0.3 is 9.88 Å². The fourth-order valence-corrected chi connectivity index (χ4v) is 2.38. The van der Waals surface area contributed by atoms with Gasteiger partial charge in [0, 0.05) is 37.6 Å². The first-order valence-corrected chi connectivity index (χ1v) is 7.23. The van der Waals surface area contributed by atoms with Gasteiger partial charge in [-0.15, -0.1) is 5.10 Å². The molecule has 0 aliphatic rings. The summed E-state index contributed by atoms with van der Waals surface area (Å²) in [5.74, 6) is -0.0977. The summed E-state index contributed by atoms with van der Waals surface area (Å²) < 4.78 is 3.64. The Balaban J connectivity index is 1.73. The van der Waals surface area contributed by atoms with Gasteiger partial charge in [0.1, 0.15) is 5.52 Å². The van der Waals surface area contributed by atoms with E-state index in [1.165, 1.54) is 0 Å². The molecule has 0 aliphatic heterocycles. The van der Waals surface area contributed by atoms with E-state index in [-0.39, 0.29) is 11.9 Å². The number of nitrogens with one attached hydrogen (secondary N) is 1. The third-order valence-electron chi connectivity index (χ3n) is 3.69. The van der Waals surface area contributed by atoms with Crippen LogP contribution in [0.3, 0.4) is 0 Å². The van der Waals surface area contributed by atoms with Gasteiger partial charge in [-0.2, -0.15) is 0 Å². The van der Waals surface area contributed by atoms with Crippen LogP contribution in [0.5, 0.6) is 0 Å².